The van der Waals surface area contributed by atoms with Gasteiger partial charge in [-0.15, -0.1) is 6.58 Å². The van der Waals surface area contributed by atoms with Crippen molar-refractivity contribution < 1.29 is 18.0 Å². The minimum absolute atomic E-state index is 0.157. The van der Waals surface area contributed by atoms with Gasteiger partial charge in [0.05, 0.1) is 5.69 Å². The molecular formula is C16H18F3N3O. The number of alkyl halides is 3. The third-order valence-electron chi connectivity index (χ3n) is 3.40. The minimum atomic E-state index is -4.44. The lowest BCUT2D eigenvalue weighted by Gasteiger charge is -2.23. The maximum absolute atomic E-state index is 12.6. The molecule has 1 aromatic rings. The maximum Gasteiger partial charge on any atom is 0.406 e. The van der Waals surface area contributed by atoms with Gasteiger partial charge in [0.1, 0.15) is 6.54 Å². The Morgan fingerprint density at radius 1 is 1.39 bits per heavy atom. The van der Waals surface area contributed by atoms with Crippen molar-refractivity contribution in [3.63, 3.8) is 0 Å². The summed E-state index contributed by atoms with van der Waals surface area (Å²) < 4.78 is 37.7. The number of carbonyl (C=O) groups is 1. The number of halogens is 3. The number of rotatable bonds is 5. The number of amides is 1. The average Bonchev–Trinajstić information content (AvgIpc) is 2.91. The predicted molar refractivity (Wildman–Crippen MR) is 83.7 cm³/mol. The van der Waals surface area contributed by atoms with Crippen LogP contribution in [-0.2, 0) is 0 Å². The highest BCUT2D eigenvalue weighted by Crippen LogP contribution is 2.22. The van der Waals surface area contributed by atoms with Crippen LogP contribution < -0.4 is 5.01 Å². The lowest BCUT2D eigenvalue weighted by Crippen LogP contribution is -2.39. The normalized spacial score (nSPS) is 14.6. The van der Waals surface area contributed by atoms with Crippen LogP contribution in [-0.4, -0.2) is 42.3 Å². The van der Waals surface area contributed by atoms with E-state index in [9.17, 15) is 18.0 Å². The zero-order valence-corrected chi connectivity index (χ0v) is 12.8. The molecule has 0 aliphatic carbocycles. The van der Waals surface area contributed by atoms with Crippen LogP contribution >= 0.6 is 0 Å². The summed E-state index contributed by atoms with van der Waals surface area (Å²) in [6.07, 6.45) is -2.29. The standard InChI is InChI=1S/C16H18F3N3O/c1-3-9-21(11-16(17,18)19)15(23)13-4-6-14(7-5-13)22-10-8-12(2)20-22/h3-7H,1,8-11H2,2H3. The molecule has 1 aliphatic rings. The lowest BCUT2D eigenvalue weighted by atomic mass is 10.1. The molecule has 7 heteroatoms. The number of benzene rings is 1. The van der Waals surface area contributed by atoms with Gasteiger partial charge in [0.15, 0.2) is 0 Å². The monoisotopic (exact) mass is 325 g/mol. The molecule has 0 saturated heterocycles. The van der Waals surface area contributed by atoms with Crippen LogP contribution in [0.2, 0.25) is 0 Å². The van der Waals surface area contributed by atoms with E-state index < -0.39 is 18.6 Å². The Balaban J connectivity index is 2.13. The predicted octanol–water partition coefficient (Wildman–Crippen LogP) is 3.46. The molecule has 1 amide bonds. The van der Waals surface area contributed by atoms with Gasteiger partial charge < -0.3 is 4.90 Å². The Hall–Kier alpha value is -2.31. The van der Waals surface area contributed by atoms with E-state index in [1.54, 1.807) is 17.1 Å². The molecule has 0 radical (unpaired) electrons. The fourth-order valence-corrected chi connectivity index (χ4v) is 2.31. The highest BCUT2D eigenvalue weighted by atomic mass is 19.4. The molecule has 0 N–H and O–H groups in total. The molecule has 2 rings (SSSR count). The van der Waals surface area contributed by atoms with Crippen LogP contribution in [0.1, 0.15) is 23.7 Å². The highest BCUT2D eigenvalue weighted by molar-refractivity contribution is 5.94. The fourth-order valence-electron chi connectivity index (χ4n) is 2.31. The molecule has 23 heavy (non-hydrogen) atoms. The van der Waals surface area contributed by atoms with Crippen molar-refractivity contribution >= 4 is 17.3 Å². The SMILES string of the molecule is C=CCN(CC(F)(F)F)C(=O)c1ccc(N2CCC(C)=N2)cc1. The third kappa shape index (κ3) is 4.58. The molecule has 0 bridgehead atoms. The molecule has 124 valence electrons. The minimum Gasteiger partial charge on any atom is -0.326 e. The van der Waals surface area contributed by atoms with E-state index in [0.717, 1.165) is 29.3 Å². The van der Waals surface area contributed by atoms with Crippen molar-refractivity contribution in [1.82, 2.24) is 4.90 Å². The van der Waals surface area contributed by atoms with Crippen molar-refractivity contribution in [2.75, 3.05) is 24.6 Å². The Morgan fingerprint density at radius 2 is 2.04 bits per heavy atom. The summed E-state index contributed by atoms with van der Waals surface area (Å²) in [5.74, 6) is -0.671. The first kappa shape index (κ1) is 17.1. The summed E-state index contributed by atoms with van der Waals surface area (Å²) in [5, 5.41) is 6.15. The molecular weight excluding hydrogens is 307 g/mol. The van der Waals surface area contributed by atoms with Crippen molar-refractivity contribution in [1.29, 1.82) is 0 Å². The van der Waals surface area contributed by atoms with Gasteiger partial charge in [-0.25, -0.2) is 0 Å². The van der Waals surface area contributed by atoms with E-state index in [0.29, 0.717) is 0 Å². The van der Waals surface area contributed by atoms with Crippen molar-refractivity contribution in [2.45, 2.75) is 19.5 Å². The quantitative estimate of drug-likeness (QED) is 0.777. The number of nitrogens with zero attached hydrogens (tertiary/aromatic N) is 3. The van der Waals surface area contributed by atoms with E-state index in [2.05, 4.69) is 11.7 Å². The summed E-state index contributed by atoms with van der Waals surface area (Å²) >= 11 is 0. The Morgan fingerprint density at radius 3 is 2.52 bits per heavy atom. The van der Waals surface area contributed by atoms with Crippen LogP contribution in [0.25, 0.3) is 0 Å². The second-order valence-corrected chi connectivity index (χ2v) is 5.34. The van der Waals surface area contributed by atoms with Gasteiger partial charge in [0, 0.05) is 30.8 Å². The summed E-state index contributed by atoms with van der Waals surface area (Å²) in [6, 6.07) is 6.42. The fraction of sp³-hybridized carbons (Fsp3) is 0.375. The number of hydrogen-bond acceptors (Lipinski definition) is 3. The molecule has 0 aromatic heterocycles. The van der Waals surface area contributed by atoms with Crippen LogP contribution in [0.3, 0.4) is 0 Å². The second kappa shape index (κ2) is 6.85. The van der Waals surface area contributed by atoms with Gasteiger partial charge in [0.25, 0.3) is 5.91 Å². The average molecular weight is 325 g/mol. The van der Waals surface area contributed by atoms with E-state index in [4.69, 9.17) is 0 Å². The van der Waals surface area contributed by atoms with E-state index in [1.165, 1.54) is 18.2 Å². The summed E-state index contributed by atoms with van der Waals surface area (Å²) in [4.78, 5) is 13.0. The lowest BCUT2D eigenvalue weighted by molar-refractivity contribution is -0.139. The first-order chi connectivity index (χ1) is 10.8. The molecule has 0 spiro atoms. The van der Waals surface area contributed by atoms with Crippen LogP contribution in [0.5, 0.6) is 0 Å². The zero-order valence-electron chi connectivity index (χ0n) is 12.8. The summed E-state index contributed by atoms with van der Waals surface area (Å²) in [7, 11) is 0. The van der Waals surface area contributed by atoms with Crippen LogP contribution in [0, 0.1) is 0 Å². The van der Waals surface area contributed by atoms with E-state index in [-0.39, 0.29) is 12.1 Å². The van der Waals surface area contributed by atoms with Crippen LogP contribution in [0.15, 0.2) is 42.0 Å². The van der Waals surface area contributed by atoms with Crippen molar-refractivity contribution in [2.24, 2.45) is 5.10 Å². The Kier molecular flexibility index (Phi) is 5.08. The van der Waals surface area contributed by atoms with Gasteiger partial charge in [-0.1, -0.05) is 6.08 Å². The Labute approximate surface area is 132 Å². The van der Waals surface area contributed by atoms with Gasteiger partial charge in [-0.05, 0) is 31.2 Å². The first-order valence-corrected chi connectivity index (χ1v) is 7.19. The highest BCUT2D eigenvalue weighted by Gasteiger charge is 2.32. The molecule has 0 saturated carbocycles. The van der Waals surface area contributed by atoms with Gasteiger partial charge >= 0.3 is 6.18 Å². The summed E-state index contributed by atoms with van der Waals surface area (Å²) in [6.45, 7) is 4.64. The van der Waals surface area contributed by atoms with Gasteiger partial charge in [-0.3, -0.25) is 9.80 Å². The second-order valence-electron chi connectivity index (χ2n) is 5.34. The van der Waals surface area contributed by atoms with Crippen molar-refractivity contribution in [3.8, 4) is 0 Å². The summed E-state index contributed by atoms with van der Waals surface area (Å²) in [5.41, 5.74) is 2.04. The maximum atomic E-state index is 12.6. The van der Waals surface area contributed by atoms with E-state index >= 15 is 0 Å². The molecule has 0 unspecified atom stereocenters. The molecule has 1 aromatic carbocycles. The van der Waals surface area contributed by atoms with Crippen LogP contribution in [0.4, 0.5) is 18.9 Å². The molecule has 1 aliphatic heterocycles. The molecule has 1 heterocycles. The number of carbonyl (C=O) groups excluding carboxylic acids is 1. The number of anilines is 1. The molecule has 0 fully saturated rings. The smallest absolute Gasteiger partial charge is 0.326 e. The first-order valence-electron chi connectivity index (χ1n) is 7.19. The van der Waals surface area contributed by atoms with E-state index in [1.807, 2.05) is 6.92 Å². The topological polar surface area (TPSA) is 35.9 Å². The third-order valence-corrected chi connectivity index (χ3v) is 3.40. The number of hydrogen-bond donors (Lipinski definition) is 0. The van der Waals surface area contributed by atoms with Gasteiger partial charge in [-0.2, -0.15) is 18.3 Å². The molecule has 4 nitrogen and oxygen atoms in total. The van der Waals surface area contributed by atoms with Gasteiger partial charge in [0.2, 0.25) is 0 Å². The molecule has 0 atom stereocenters. The number of hydrazone groups is 1. The Bertz CT molecular complexity index is 608. The zero-order chi connectivity index (χ0) is 17.0. The largest absolute Gasteiger partial charge is 0.406 e. The van der Waals surface area contributed by atoms with Crippen molar-refractivity contribution in [3.05, 3.63) is 42.5 Å².